The van der Waals surface area contributed by atoms with E-state index in [1.807, 2.05) is 7.05 Å². The first-order chi connectivity index (χ1) is 10.6. The summed E-state index contributed by atoms with van der Waals surface area (Å²) >= 11 is 0. The fraction of sp³-hybridized carbons (Fsp3) is 0.875. The average molecular weight is 312 g/mol. The molecular formula is C16H32N4O2. The minimum atomic E-state index is -0.00967. The number of nitrogens with zero attached hydrogens (tertiary/aromatic N) is 2. The van der Waals surface area contributed by atoms with E-state index < -0.39 is 0 Å². The van der Waals surface area contributed by atoms with Gasteiger partial charge in [0.1, 0.15) is 5.78 Å². The molecule has 1 aliphatic rings. The summed E-state index contributed by atoms with van der Waals surface area (Å²) in [5.41, 5.74) is 0. The molecule has 128 valence electrons. The van der Waals surface area contributed by atoms with Crippen LogP contribution in [0.1, 0.15) is 32.6 Å². The van der Waals surface area contributed by atoms with E-state index in [1.165, 1.54) is 19.9 Å². The molecule has 0 spiro atoms. The Morgan fingerprint density at radius 2 is 1.45 bits per heavy atom. The van der Waals surface area contributed by atoms with Crippen molar-refractivity contribution in [3.8, 4) is 0 Å². The van der Waals surface area contributed by atoms with Crippen molar-refractivity contribution in [3.05, 3.63) is 0 Å². The molecule has 0 bridgehead atoms. The summed E-state index contributed by atoms with van der Waals surface area (Å²) in [6.45, 7) is 10.1. The third-order valence-electron chi connectivity index (χ3n) is 4.04. The van der Waals surface area contributed by atoms with E-state index in [-0.39, 0.29) is 11.7 Å². The topological polar surface area (TPSA) is 64.7 Å². The second kappa shape index (κ2) is 11.6. The van der Waals surface area contributed by atoms with Crippen molar-refractivity contribution in [2.45, 2.75) is 32.6 Å². The highest BCUT2D eigenvalue weighted by Gasteiger charge is 2.15. The fourth-order valence-electron chi connectivity index (χ4n) is 2.62. The number of rotatable bonds is 11. The van der Waals surface area contributed by atoms with Crippen molar-refractivity contribution in [1.82, 2.24) is 20.4 Å². The van der Waals surface area contributed by atoms with Crippen LogP contribution in [0.4, 0.5) is 0 Å². The van der Waals surface area contributed by atoms with E-state index in [1.54, 1.807) is 0 Å². The van der Waals surface area contributed by atoms with Gasteiger partial charge in [0.05, 0.1) is 0 Å². The van der Waals surface area contributed by atoms with Crippen LogP contribution in [0, 0.1) is 0 Å². The molecule has 0 aromatic carbocycles. The number of hydrogen-bond donors (Lipinski definition) is 2. The van der Waals surface area contributed by atoms with E-state index in [4.69, 9.17) is 0 Å². The normalized spacial score (nSPS) is 16.6. The highest BCUT2D eigenvalue weighted by molar-refractivity contribution is 5.83. The van der Waals surface area contributed by atoms with Gasteiger partial charge in [-0.3, -0.25) is 4.79 Å². The number of hydrogen-bond acceptors (Lipinski definition) is 5. The number of amides is 1. The summed E-state index contributed by atoms with van der Waals surface area (Å²) in [7, 11) is 2.00. The lowest BCUT2D eigenvalue weighted by molar-refractivity contribution is -0.124. The van der Waals surface area contributed by atoms with Crippen LogP contribution in [0.15, 0.2) is 0 Å². The minimum Gasteiger partial charge on any atom is -0.356 e. The number of carbonyl (C=O) groups excluding carboxylic acids is 2. The van der Waals surface area contributed by atoms with Crippen LogP contribution in [-0.4, -0.2) is 80.9 Å². The van der Waals surface area contributed by atoms with E-state index in [9.17, 15) is 9.59 Å². The molecule has 6 nitrogen and oxygen atoms in total. The zero-order valence-corrected chi connectivity index (χ0v) is 14.2. The van der Waals surface area contributed by atoms with E-state index >= 15 is 0 Å². The van der Waals surface area contributed by atoms with Gasteiger partial charge in [-0.25, -0.2) is 0 Å². The van der Waals surface area contributed by atoms with E-state index in [2.05, 4.69) is 20.4 Å². The smallest absolute Gasteiger partial charge is 0.220 e. The first kappa shape index (κ1) is 19.1. The molecule has 0 saturated carbocycles. The third kappa shape index (κ3) is 9.12. The summed E-state index contributed by atoms with van der Waals surface area (Å²) < 4.78 is 0. The number of ketones is 1. The molecule has 0 unspecified atom stereocenters. The molecule has 1 fully saturated rings. The minimum absolute atomic E-state index is 0.00967. The molecule has 1 aliphatic heterocycles. The van der Waals surface area contributed by atoms with Crippen molar-refractivity contribution >= 4 is 11.7 Å². The number of carbonyl (C=O) groups is 2. The van der Waals surface area contributed by atoms with E-state index in [0.717, 1.165) is 45.7 Å². The lowest BCUT2D eigenvalue weighted by Crippen LogP contribution is -2.47. The molecule has 1 amide bonds. The third-order valence-corrected chi connectivity index (χ3v) is 4.04. The van der Waals surface area contributed by atoms with Gasteiger partial charge in [0.25, 0.3) is 0 Å². The van der Waals surface area contributed by atoms with E-state index in [0.29, 0.717) is 19.4 Å². The average Bonchev–Trinajstić information content (AvgIpc) is 2.51. The molecule has 6 heteroatoms. The van der Waals surface area contributed by atoms with Crippen LogP contribution in [0.2, 0.25) is 0 Å². The molecule has 0 atom stereocenters. The Balaban J connectivity index is 1.98. The molecule has 0 aliphatic carbocycles. The Morgan fingerprint density at radius 3 is 1.95 bits per heavy atom. The molecule has 0 aromatic rings. The molecule has 0 radical (unpaired) electrons. The van der Waals surface area contributed by atoms with Crippen molar-refractivity contribution in [2.24, 2.45) is 0 Å². The lowest BCUT2D eigenvalue weighted by atomic mass is 10.2. The fourth-order valence-corrected chi connectivity index (χ4v) is 2.62. The van der Waals surface area contributed by atoms with Crippen LogP contribution < -0.4 is 10.6 Å². The molecule has 22 heavy (non-hydrogen) atoms. The standard InChI is InChI=1S/C16H32N4O2/c1-15(21)5-6-16(22)18-8-4-10-20-13-11-19(12-14-20)9-3-7-17-2/h17H,3-14H2,1-2H3,(H,18,22). The van der Waals surface area contributed by atoms with Gasteiger partial charge in [-0.1, -0.05) is 0 Å². The van der Waals surface area contributed by atoms with Crippen LogP contribution in [0.5, 0.6) is 0 Å². The molecule has 1 rings (SSSR count). The van der Waals surface area contributed by atoms with Gasteiger partial charge in [-0.05, 0) is 46.4 Å². The molecular weight excluding hydrogens is 280 g/mol. The predicted octanol–water partition coefficient (Wildman–Crippen LogP) is 0.0890. The second-order valence-electron chi connectivity index (χ2n) is 6.05. The van der Waals surface area contributed by atoms with Gasteiger partial charge in [0.15, 0.2) is 0 Å². The van der Waals surface area contributed by atoms with Gasteiger partial charge in [-0.15, -0.1) is 0 Å². The van der Waals surface area contributed by atoms with Gasteiger partial charge >= 0.3 is 0 Å². The Bertz CT molecular complexity index is 328. The van der Waals surface area contributed by atoms with Crippen LogP contribution >= 0.6 is 0 Å². The van der Waals surface area contributed by atoms with Gasteiger partial charge in [0.2, 0.25) is 5.91 Å². The second-order valence-corrected chi connectivity index (χ2v) is 6.05. The maximum absolute atomic E-state index is 11.5. The molecule has 0 aromatic heterocycles. The summed E-state index contributed by atoms with van der Waals surface area (Å²) in [4.78, 5) is 27.3. The Kier molecular flexibility index (Phi) is 10.0. The Labute approximate surface area is 134 Å². The summed E-state index contributed by atoms with van der Waals surface area (Å²) in [5, 5.41) is 6.07. The number of nitrogens with one attached hydrogen (secondary N) is 2. The maximum Gasteiger partial charge on any atom is 0.220 e. The number of piperazine rings is 1. The van der Waals surface area contributed by atoms with Crippen LogP contribution in [0.3, 0.4) is 0 Å². The Hall–Kier alpha value is -0.980. The molecule has 1 heterocycles. The van der Waals surface area contributed by atoms with Gasteiger partial charge in [-0.2, -0.15) is 0 Å². The zero-order chi connectivity index (χ0) is 16.2. The molecule has 2 N–H and O–H groups in total. The van der Waals surface area contributed by atoms with Gasteiger partial charge < -0.3 is 25.2 Å². The van der Waals surface area contributed by atoms with Crippen LogP contribution in [-0.2, 0) is 9.59 Å². The highest BCUT2D eigenvalue weighted by Crippen LogP contribution is 2.03. The van der Waals surface area contributed by atoms with Crippen molar-refractivity contribution in [2.75, 3.05) is 59.4 Å². The van der Waals surface area contributed by atoms with Crippen LogP contribution in [0.25, 0.3) is 0 Å². The maximum atomic E-state index is 11.5. The van der Waals surface area contributed by atoms with Crippen molar-refractivity contribution in [3.63, 3.8) is 0 Å². The molecule has 1 saturated heterocycles. The summed E-state index contributed by atoms with van der Waals surface area (Å²) in [6.07, 6.45) is 2.86. The Morgan fingerprint density at radius 1 is 0.909 bits per heavy atom. The summed E-state index contributed by atoms with van der Waals surface area (Å²) in [6, 6.07) is 0. The predicted molar refractivity (Wildman–Crippen MR) is 89.0 cm³/mol. The SMILES string of the molecule is CNCCCN1CCN(CCCNC(=O)CCC(C)=O)CC1. The number of Topliss-reactive ketones (excluding diaryl/α,β-unsaturated/α-hetero) is 1. The van der Waals surface area contributed by atoms with Crippen molar-refractivity contribution in [1.29, 1.82) is 0 Å². The van der Waals surface area contributed by atoms with Gasteiger partial charge in [0, 0.05) is 45.6 Å². The first-order valence-electron chi connectivity index (χ1n) is 8.47. The zero-order valence-electron chi connectivity index (χ0n) is 14.2. The quantitative estimate of drug-likeness (QED) is 0.529. The highest BCUT2D eigenvalue weighted by atomic mass is 16.2. The largest absolute Gasteiger partial charge is 0.356 e. The first-order valence-corrected chi connectivity index (χ1v) is 8.47. The monoisotopic (exact) mass is 312 g/mol. The lowest BCUT2D eigenvalue weighted by Gasteiger charge is -2.34. The summed E-state index contributed by atoms with van der Waals surface area (Å²) in [5.74, 6) is 0.0623. The van der Waals surface area contributed by atoms with Crippen molar-refractivity contribution < 1.29 is 9.59 Å².